The van der Waals surface area contributed by atoms with Gasteiger partial charge >= 0.3 is 18.0 Å². The van der Waals surface area contributed by atoms with Crippen LogP contribution < -0.4 is 4.90 Å². The number of benzene rings is 1. The van der Waals surface area contributed by atoms with Crippen LogP contribution in [-0.4, -0.2) is 84.1 Å². The summed E-state index contributed by atoms with van der Waals surface area (Å²) < 4.78 is 28.9. The van der Waals surface area contributed by atoms with E-state index in [-0.39, 0.29) is 4.90 Å². The molecule has 32 heavy (non-hydrogen) atoms. The van der Waals surface area contributed by atoms with Crippen molar-refractivity contribution in [2.75, 3.05) is 37.3 Å². The summed E-state index contributed by atoms with van der Waals surface area (Å²) in [6, 6.07) is 7.56. The molecule has 5 rings (SSSR count). The number of hydrogen-bond acceptors (Lipinski definition) is 9. The minimum absolute atomic E-state index is 0.282. The number of fused-ring (bicyclic) bond motifs is 4. The van der Waals surface area contributed by atoms with E-state index in [1.165, 1.54) is 6.26 Å². The molecule has 2 bridgehead atoms. The van der Waals surface area contributed by atoms with Gasteiger partial charge in [-0.1, -0.05) is 5.10 Å². The Balaban J connectivity index is 0.000000312. The lowest BCUT2D eigenvalue weighted by Crippen LogP contribution is -2.38. The number of hydrogen-bond donors (Lipinski definition) is 2. The number of rotatable bonds is 5. The smallest absolute Gasteiger partial charge is 0.328 e. The molecule has 1 aromatic heterocycles. The third-order valence-electron chi connectivity index (χ3n) is 5.21. The lowest BCUT2D eigenvalue weighted by Gasteiger charge is -2.29. The number of sulfone groups is 1. The van der Waals surface area contributed by atoms with Crippen molar-refractivity contribution in [3.8, 4) is 11.5 Å². The molecule has 0 radical (unpaired) electrons. The number of carboxylic acid groups (broad SMARTS) is 2. The molecule has 172 valence electrons. The van der Waals surface area contributed by atoms with Crippen LogP contribution in [0.4, 0.5) is 6.01 Å². The van der Waals surface area contributed by atoms with E-state index in [1.807, 2.05) is 0 Å². The van der Waals surface area contributed by atoms with Crippen LogP contribution in [0.25, 0.3) is 11.5 Å². The number of piperidine rings is 1. The molecule has 12 heteroatoms. The van der Waals surface area contributed by atoms with Gasteiger partial charge in [-0.2, -0.15) is 0 Å². The summed E-state index contributed by atoms with van der Waals surface area (Å²) in [6.45, 7) is 4.20. The first kappa shape index (κ1) is 23.4. The largest absolute Gasteiger partial charge is 0.478 e. The highest BCUT2D eigenvalue weighted by Gasteiger charge is 2.31. The molecule has 0 spiro atoms. The van der Waals surface area contributed by atoms with Gasteiger partial charge in [0.2, 0.25) is 5.89 Å². The second kappa shape index (κ2) is 9.92. The van der Waals surface area contributed by atoms with Gasteiger partial charge in [-0.05, 0) is 37.1 Å². The van der Waals surface area contributed by atoms with Crippen molar-refractivity contribution < 1.29 is 32.6 Å². The molecule has 0 atom stereocenters. The predicted octanol–water partition coefficient (Wildman–Crippen LogP) is 1.14. The molecule has 3 saturated heterocycles. The van der Waals surface area contributed by atoms with Crippen LogP contribution in [0.1, 0.15) is 12.8 Å². The van der Waals surface area contributed by atoms with E-state index in [0.717, 1.165) is 44.6 Å². The van der Waals surface area contributed by atoms with Crippen molar-refractivity contribution in [1.29, 1.82) is 0 Å². The highest BCUT2D eigenvalue weighted by Crippen LogP contribution is 2.28. The van der Waals surface area contributed by atoms with E-state index in [2.05, 4.69) is 20.0 Å². The Kier molecular flexibility index (Phi) is 7.26. The molecule has 0 aliphatic carbocycles. The van der Waals surface area contributed by atoms with E-state index in [0.29, 0.717) is 30.1 Å². The quantitative estimate of drug-likeness (QED) is 0.612. The summed E-state index contributed by atoms with van der Waals surface area (Å²) in [7, 11) is -3.20. The molecular formula is C20H24N4O7S. The maximum atomic E-state index is 11.5. The standard InChI is InChI=1S/C16H20N4O3S.C4H4O4/c1-24(21,22)14-4-2-12(3-5-14)15-17-18-16(23-15)20-11-10-19-8-6-13(20)7-9-19;5-3(6)1-2-4(7)8/h2-5,13H,6-11H2,1H3;1-2H,(H,5,6)(H,7,8)/b;2-1+. The average molecular weight is 465 g/mol. The van der Waals surface area contributed by atoms with Crippen molar-refractivity contribution in [2.45, 2.75) is 23.8 Å². The van der Waals surface area contributed by atoms with Crippen LogP contribution >= 0.6 is 0 Å². The fourth-order valence-electron chi connectivity index (χ4n) is 3.57. The zero-order valence-corrected chi connectivity index (χ0v) is 18.2. The maximum Gasteiger partial charge on any atom is 0.328 e. The van der Waals surface area contributed by atoms with Gasteiger partial charge in [-0.15, -0.1) is 5.10 Å². The van der Waals surface area contributed by atoms with Crippen molar-refractivity contribution in [3.63, 3.8) is 0 Å². The maximum absolute atomic E-state index is 11.5. The number of carbonyl (C=O) groups is 2. The highest BCUT2D eigenvalue weighted by molar-refractivity contribution is 7.90. The van der Waals surface area contributed by atoms with Crippen LogP contribution in [0.3, 0.4) is 0 Å². The second-order valence-corrected chi connectivity index (χ2v) is 9.48. The molecule has 0 unspecified atom stereocenters. The molecule has 4 heterocycles. The Hall–Kier alpha value is -3.25. The van der Waals surface area contributed by atoms with Crippen LogP contribution in [0, 0.1) is 0 Å². The zero-order valence-electron chi connectivity index (χ0n) is 17.4. The Bertz CT molecular complexity index is 1070. The summed E-state index contributed by atoms with van der Waals surface area (Å²) in [6.07, 6.45) is 4.56. The van der Waals surface area contributed by atoms with Crippen molar-refractivity contribution in [1.82, 2.24) is 15.1 Å². The van der Waals surface area contributed by atoms with E-state index < -0.39 is 21.8 Å². The fourth-order valence-corrected chi connectivity index (χ4v) is 4.20. The molecule has 0 amide bonds. The van der Waals surface area contributed by atoms with E-state index in [1.54, 1.807) is 24.3 Å². The molecule has 2 aromatic rings. The van der Waals surface area contributed by atoms with Gasteiger partial charge in [0, 0.05) is 56.2 Å². The number of aliphatic carboxylic acids is 2. The van der Waals surface area contributed by atoms with Gasteiger partial charge in [-0.3, -0.25) is 0 Å². The van der Waals surface area contributed by atoms with Crippen LogP contribution in [0.2, 0.25) is 0 Å². The van der Waals surface area contributed by atoms with E-state index >= 15 is 0 Å². The van der Waals surface area contributed by atoms with Crippen molar-refractivity contribution in [2.24, 2.45) is 0 Å². The van der Waals surface area contributed by atoms with Gasteiger partial charge in [0.15, 0.2) is 9.84 Å². The SMILES string of the molecule is CS(=O)(=O)c1ccc(-c2nnc(N3CCN4CCC3CC4)o2)cc1.O=C(O)/C=C/C(=O)O. The molecule has 3 aliphatic rings. The van der Waals surface area contributed by atoms with Crippen LogP contribution in [-0.2, 0) is 19.4 Å². The predicted molar refractivity (Wildman–Crippen MR) is 114 cm³/mol. The summed E-state index contributed by atoms with van der Waals surface area (Å²) >= 11 is 0. The average Bonchev–Trinajstić information content (AvgIpc) is 3.04. The lowest BCUT2D eigenvalue weighted by molar-refractivity contribution is -0.134. The summed E-state index contributed by atoms with van der Waals surface area (Å²) in [5, 5.41) is 24.0. The van der Waals surface area contributed by atoms with Gasteiger partial charge in [0.1, 0.15) is 0 Å². The fraction of sp³-hybridized carbons (Fsp3) is 0.400. The molecule has 2 N–H and O–H groups in total. The van der Waals surface area contributed by atoms with Gasteiger partial charge in [0.05, 0.1) is 4.90 Å². The Morgan fingerprint density at radius 2 is 1.59 bits per heavy atom. The number of anilines is 1. The number of carboxylic acids is 2. The van der Waals surface area contributed by atoms with Gasteiger partial charge < -0.3 is 24.4 Å². The van der Waals surface area contributed by atoms with E-state index in [9.17, 15) is 18.0 Å². The van der Waals surface area contributed by atoms with Crippen molar-refractivity contribution >= 4 is 27.8 Å². The summed E-state index contributed by atoms with van der Waals surface area (Å²) in [5.74, 6) is -2.09. The third-order valence-corrected chi connectivity index (χ3v) is 6.34. The summed E-state index contributed by atoms with van der Waals surface area (Å²) in [4.78, 5) is 24.1. The first-order valence-corrected chi connectivity index (χ1v) is 11.8. The number of nitrogens with zero attached hydrogens (tertiary/aromatic N) is 4. The molecule has 0 saturated carbocycles. The molecule has 1 aromatic carbocycles. The van der Waals surface area contributed by atoms with E-state index in [4.69, 9.17) is 14.6 Å². The summed E-state index contributed by atoms with van der Waals surface area (Å²) in [5.41, 5.74) is 0.726. The molecule has 11 nitrogen and oxygen atoms in total. The topological polar surface area (TPSA) is 154 Å². The first-order chi connectivity index (χ1) is 15.1. The Morgan fingerprint density at radius 1 is 1.00 bits per heavy atom. The first-order valence-electron chi connectivity index (χ1n) is 9.90. The second-order valence-electron chi connectivity index (χ2n) is 7.46. The molecular weight excluding hydrogens is 440 g/mol. The Labute approximate surface area is 184 Å². The zero-order chi connectivity index (χ0) is 23.3. The van der Waals surface area contributed by atoms with Crippen LogP contribution in [0.15, 0.2) is 45.7 Å². The normalized spacial score (nSPS) is 20.5. The molecule has 3 aliphatic heterocycles. The lowest BCUT2D eigenvalue weighted by atomic mass is 10.1. The highest BCUT2D eigenvalue weighted by atomic mass is 32.2. The van der Waals surface area contributed by atoms with Gasteiger partial charge in [-0.25, -0.2) is 18.0 Å². The van der Waals surface area contributed by atoms with Crippen LogP contribution in [0.5, 0.6) is 0 Å². The minimum Gasteiger partial charge on any atom is -0.478 e. The minimum atomic E-state index is -3.20. The van der Waals surface area contributed by atoms with Gasteiger partial charge in [0.25, 0.3) is 0 Å². The Morgan fingerprint density at radius 3 is 2.12 bits per heavy atom. The third kappa shape index (κ3) is 6.14. The van der Waals surface area contributed by atoms with Crippen molar-refractivity contribution in [3.05, 3.63) is 36.4 Å². The molecule has 3 fully saturated rings. The monoisotopic (exact) mass is 464 g/mol. The number of aromatic nitrogens is 2.